The number of piperazine rings is 1. The third kappa shape index (κ3) is 5.83. The number of rotatable bonds is 4. The topological polar surface area (TPSA) is 53.8 Å². The van der Waals surface area contributed by atoms with Gasteiger partial charge in [-0.25, -0.2) is 0 Å². The Morgan fingerprint density at radius 3 is 2.44 bits per heavy atom. The van der Waals surface area contributed by atoms with E-state index in [1.54, 1.807) is 0 Å². The Morgan fingerprint density at radius 1 is 1.22 bits per heavy atom. The second-order valence-corrected chi connectivity index (χ2v) is 6.58. The van der Waals surface area contributed by atoms with E-state index < -0.39 is 6.36 Å². The molecule has 0 radical (unpaired) electrons. The summed E-state index contributed by atoms with van der Waals surface area (Å²) < 4.78 is 45.5. The van der Waals surface area contributed by atoms with Crippen LogP contribution in [-0.2, 0) is 6.54 Å². The molecule has 0 atom stereocenters. The van der Waals surface area contributed by atoms with Gasteiger partial charge in [-0.2, -0.15) is 0 Å². The molecule has 1 aliphatic heterocycles. The molecule has 27 heavy (non-hydrogen) atoms. The quantitative estimate of drug-likeness (QED) is 0.790. The van der Waals surface area contributed by atoms with Crippen LogP contribution in [0.15, 0.2) is 34.9 Å². The zero-order valence-electron chi connectivity index (χ0n) is 14.6. The molecule has 0 amide bonds. The molecule has 6 nitrogen and oxygen atoms in total. The number of thiocarbonyl (C=S) groups is 1. The van der Waals surface area contributed by atoms with Crippen LogP contribution in [-0.4, -0.2) is 52.6 Å². The Morgan fingerprint density at radius 2 is 1.89 bits per heavy atom. The number of anilines is 1. The first-order valence-corrected chi connectivity index (χ1v) is 8.75. The normalized spacial score (nSPS) is 15.6. The molecule has 3 rings (SSSR count). The Kier molecular flexibility index (Phi) is 5.85. The summed E-state index contributed by atoms with van der Waals surface area (Å²) in [6.45, 7) is 5.74. The smallest absolute Gasteiger partial charge is 0.406 e. The summed E-state index contributed by atoms with van der Waals surface area (Å²) in [6.07, 6.45) is -4.70. The Hall–Kier alpha value is -2.33. The first-order valence-electron chi connectivity index (χ1n) is 8.35. The largest absolute Gasteiger partial charge is 0.573 e. The molecule has 0 unspecified atom stereocenters. The van der Waals surface area contributed by atoms with Crippen molar-refractivity contribution in [2.75, 3.05) is 31.5 Å². The highest BCUT2D eigenvalue weighted by molar-refractivity contribution is 7.80. The van der Waals surface area contributed by atoms with Crippen LogP contribution in [0.3, 0.4) is 0 Å². The van der Waals surface area contributed by atoms with Crippen LogP contribution in [0.2, 0.25) is 0 Å². The van der Waals surface area contributed by atoms with Gasteiger partial charge in [0.25, 0.3) is 0 Å². The number of nitrogens with zero attached hydrogens (tertiary/aromatic N) is 3. The Balaban J connectivity index is 1.46. The van der Waals surface area contributed by atoms with Gasteiger partial charge in [0.05, 0.1) is 5.69 Å². The first kappa shape index (κ1) is 19.4. The van der Waals surface area contributed by atoms with E-state index in [1.165, 1.54) is 24.3 Å². The van der Waals surface area contributed by atoms with E-state index in [2.05, 4.69) is 20.1 Å². The zero-order valence-corrected chi connectivity index (χ0v) is 15.4. The molecule has 146 valence electrons. The summed E-state index contributed by atoms with van der Waals surface area (Å²) in [5.74, 6) is 0.524. The zero-order chi connectivity index (χ0) is 19.4. The number of nitrogens with one attached hydrogen (secondary N) is 1. The van der Waals surface area contributed by atoms with Crippen molar-refractivity contribution in [1.82, 2.24) is 15.0 Å². The fraction of sp³-hybridized carbons (Fsp3) is 0.412. The monoisotopic (exact) mass is 400 g/mol. The molecule has 0 saturated carbocycles. The second-order valence-electron chi connectivity index (χ2n) is 6.19. The highest BCUT2D eigenvalue weighted by Gasteiger charge is 2.31. The van der Waals surface area contributed by atoms with Gasteiger partial charge in [0.15, 0.2) is 5.11 Å². The Bertz CT molecular complexity index is 771. The van der Waals surface area contributed by atoms with Crippen molar-refractivity contribution >= 4 is 23.0 Å². The lowest BCUT2D eigenvalue weighted by Crippen LogP contribution is -2.49. The van der Waals surface area contributed by atoms with Crippen molar-refractivity contribution in [2.45, 2.75) is 19.8 Å². The van der Waals surface area contributed by atoms with Gasteiger partial charge in [-0.3, -0.25) is 4.90 Å². The van der Waals surface area contributed by atoms with Crippen molar-refractivity contribution in [3.05, 3.63) is 41.8 Å². The van der Waals surface area contributed by atoms with Crippen molar-refractivity contribution < 1.29 is 22.4 Å². The predicted molar refractivity (Wildman–Crippen MR) is 97.4 cm³/mol. The summed E-state index contributed by atoms with van der Waals surface area (Å²) in [6, 6.07) is 7.41. The van der Waals surface area contributed by atoms with Gasteiger partial charge in [-0.15, -0.1) is 13.2 Å². The summed E-state index contributed by atoms with van der Waals surface area (Å²) in [5, 5.41) is 7.58. The van der Waals surface area contributed by atoms with Crippen molar-refractivity contribution in [2.24, 2.45) is 0 Å². The molecule has 0 aliphatic carbocycles. The molecule has 2 aromatic rings. The minimum Gasteiger partial charge on any atom is -0.406 e. The summed E-state index contributed by atoms with van der Waals surface area (Å²) in [7, 11) is 0. The standard InChI is InChI=1S/C17H19F3N4O2S/c1-12-10-14(22-26-12)11-23-6-8-24(9-7-23)16(27)21-13-2-4-15(5-3-13)25-17(18,19)20/h2-5,10H,6-9,11H2,1H3,(H,21,27). The van der Waals surface area contributed by atoms with E-state index in [0.717, 1.165) is 44.2 Å². The van der Waals surface area contributed by atoms with Crippen LogP contribution >= 0.6 is 12.2 Å². The number of benzene rings is 1. The summed E-state index contributed by atoms with van der Waals surface area (Å²) in [5.41, 5.74) is 1.51. The SMILES string of the molecule is Cc1cc(CN2CCN(C(=S)Nc3ccc(OC(F)(F)F)cc3)CC2)no1. The first-order chi connectivity index (χ1) is 12.8. The van der Waals surface area contributed by atoms with Gasteiger partial charge in [0, 0.05) is 44.5 Å². The van der Waals surface area contributed by atoms with Gasteiger partial charge in [0.2, 0.25) is 0 Å². The molecule has 0 spiro atoms. The van der Waals surface area contributed by atoms with Crippen LogP contribution in [0.4, 0.5) is 18.9 Å². The lowest BCUT2D eigenvalue weighted by atomic mass is 10.3. The van der Waals surface area contributed by atoms with Crippen LogP contribution in [0.5, 0.6) is 5.75 Å². The van der Waals surface area contributed by atoms with E-state index in [9.17, 15) is 13.2 Å². The number of ether oxygens (including phenoxy) is 1. The van der Waals surface area contributed by atoms with Gasteiger partial charge in [-0.05, 0) is 43.4 Å². The third-order valence-electron chi connectivity index (χ3n) is 4.06. The fourth-order valence-corrected chi connectivity index (χ4v) is 3.07. The molecule has 1 aromatic heterocycles. The molecular weight excluding hydrogens is 381 g/mol. The minimum atomic E-state index is -4.70. The lowest BCUT2D eigenvalue weighted by Gasteiger charge is -2.35. The maximum absolute atomic E-state index is 12.2. The molecule has 1 aromatic carbocycles. The van der Waals surface area contributed by atoms with E-state index in [4.69, 9.17) is 16.7 Å². The molecule has 0 bridgehead atoms. The number of halogens is 3. The fourth-order valence-electron chi connectivity index (χ4n) is 2.77. The maximum atomic E-state index is 12.2. The predicted octanol–water partition coefficient (Wildman–Crippen LogP) is 3.40. The number of hydrogen-bond donors (Lipinski definition) is 1. The molecule has 1 N–H and O–H groups in total. The molecule has 2 heterocycles. The van der Waals surface area contributed by atoms with Crippen LogP contribution in [0, 0.1) is 6.92 Å². The van der Waals surface area contributed by atoms with Gasteiger partial charge < -0.3 is 19.5 Å². The van der Waals surface area contributed by atoms with E-state index in [0.29, 0.717) is 10.8 Å². The highest BCUT2D eigenvalue weighted by Crippen LogP contribution is 2.24. The average Bonchev–Trinajstić information content (AvgIpc) is 3.01. The molecule has 1 saturated heterocycles. The van der Waals surface area contributed by atoms with Crippen LogP contribution < -0.4 is 10.1 Å². The van der Waals surface area contributed by atoms with Crippen molar-refractivity contribution in [3.8, 4) is 5.75 Å². The van der Waals surface area contributed by atoms with E-state index in [-0.39, 0.29) is 5.75 Å². The molecule has 1 aliphatic rings. The lowest BCUT2D eigenvalue weighted by molar-refractivity contribution is -0.274. The maximum Gasteiger partial charge on any atom is 0.573 e. The number of aromatic nitrogens is 1. The van der Waals surface area contributed by atoms with Crippen molar-refractivity contribution in [1.29, 1.82) is 0 Å². The van der Waals surface area contributed by atoms with Crippen LogP contribution in [0.1, 0.15) is 11.5 Å². The van der Waals surface area contributed by atoms with Crippen molar-refractivity contribution in [3.63, 3.8) is 0 Å². The molecule has 1 fully saturated rings. The number of hydrogen-bond acceptors (Lipinski definition) is 5. The van der Waals surface area contributed by atoms with Gasteiger partial charge in [-0.1, -0.05) is 5.16 Å². The number of aryl methyl sites for hydroxylation is 1. The summed E-state index contributed by atoms with van der Waals surface area (Å²) >= 11 is 5.41. The van der Waals surface area contributed by atoms with Gasteiger partial charge >= 0.3 is 6.36 Å². The number of alkyl halides is 3. The second kappa shape index (κ2) is 8.13. The minimum absolute atomic E-state index is 0.268. The van der Waals surface area contributed by atoms with Crippen LogP contribution in [0.25, 0.3) is 0 Å². The van der Waals surface area contributed by atoms with E-state index >= 15 is 0 Å². The molecular formula is C17H19F3N4O2S. The van der Waals surface area contributed by atoms with Gasteiger partial charge in [0.1, 0.15) is 11.5 Å². The van der Waals surface area contributed by atoms with E-state index in [1.807, 2.05) is 17.9 Å². The molecule has 10 heteroatoms. The third-order valence-corrected chi connectivity index (χ3v) is 4.42. The summed E-state index contributed by atoms with van der Waals surface area (Å²) in [4.78, 5) is 4.29. The highest BCUT2D eigenvalue weighted by atomic mass is 32.1. The average molecular weight is 400 g/mol. The Labute approximate surface area is 159 Å².